The van der Waals surface area contributed by atoms with Crippen LogP contribution in [-0.2, 0) is 6.54 Å². The van der Waals surface area contributed by atoms with Gasteiger partial charge in [-0.25, -0.2) is 0 Å². The average molecular weight is 393 g/mol. The zero-order chi connectivity index (χ0) is 20.3. The van der Waals surface area contributed by atoms with Crippen molar-refractivity contribution in [3.8, 4) is 17.2 Å². The fourth-order valence-corrected chi connectivity index (χ4v) is 5.36. The summed E-state index contributed by atoms with van der Waals surface area (Å²) in [7, 11) is 4.98. The first-order valence-electron chi connectivity index (χ1n) is 10.1. The summed E-state index contributed by atoms with van der Waals surface area (Å²) in [4.78, 5) is 2.44. The van der Waals surface area contributed by atoms with Gasteiger partial charge in [-0.2, -0.15) is 0 Å². The number of hydrogen-bond donors (Lipinski definition) is 1. The normalized spacial score (nSPS) is 23.8. The number of aliphatic hydroxyl groups excluding tert-OH is 1. The summed E-state index contributed by atoms with van der Waals surface area (Å²) in [5.74, 6) is 2.18. The van der Waals surface area contributed by atoms with Gasteiger partial charge >= 0.3 is 0 Å². The van der Waals surface area contributed by atoms with E-state index in [2.05, 4.69) is 24.0 Å². The molecule has 0 radical (unpaired) electrons. The molecule has 0 saturated carbocycles. The van der Waals surface area contributed by atoms with Crippen molar-refractivity contribution in [1.82, 2.24) is 4.90 Å². The van der Waals surface area contributed by atoms with Gasteiger partial charge in [-0.3, -0.25) is 4.90 Å². The van der Waals surface area contributed by atoms with E-state index in [0.717, 1.165) is 58.8 Å². The first kappa shape index (κ1) is 18.5. The van der Waals surface area contributed by atoms with Crippen molar-refractivity contribution >= 4 is 21.5 Å². The Morgan fingerprint density at radius 2 is 1.62 bits per heavy atom. The van der Waals surface area contributed by atoms with Crippen LogP contribution in [0.3, 0.4) is 0 Å². The van der Waals surface area contributed by atoms with Gasteiger partial charge in [-0.15, -0.1) is 0 Å². The molecule has 152 valence electrons. The van der Waals surface area contributed by atoms with Crippen LogP contribution in [0.2, 0.25) is 0 Å². The third-order valence-electron chi connectivity index (χ3n) is 7.03. The molecule has 5 nitrogen and oxygen atoms in total. The summed E-state index contributed by atoms with van der Waals surface area (Å²) < 4.78 is 16.7. The molecule has 1 saturated heterocycles. The maximum atomic E-state index is 11.6. The van der Waals surface area contributed by atoms with Crippen molar-refractivity contribution in [2.75, 3.05) is 27.9 Å². The van der Waals surface area contributed by atoms with Crippen molar-refractivity contribution in [3.63, 3.8) is 0 Å². The van der Waals surface area contributed by atoms with Crippen molar-refractivity contribution < 1.29 is 19.3 Å². The molecule has 2 unspecified atom stereocenters. The fraction of sp³-hybridized carbons (Fsp3) is 0.417. The van der Waals surface area contributed by atoms with Crippen LogP contribution in [0.25, 0.3) is 21.5 Å². The fourth-order valence-electron chi connectivity index (χ4n) is 5.36. The largest absolute Gasteiger partial charge is 0.497 e. The highest BCUT2D eigenvalue weighted by Crippen LogP contribution is 2.51. The smallest absolute Gasteiger partial charge is 0.161 e. The molecule has 0 bridgehead atoms. The van der Waals surface area contributed by atoms with Gasteiger partial charge in [0.05, 0.1) is 27.4 Å². The highest BCUT2D eigenvalue weighted by molar-refractivity contribution is 6.12. The Hall–Kier alpha value is -2.50. The molecule has 0 spiro atoms. The number of fused-ring (bicyclic) bond motifs is 7. The van der Waals surface area contributed by atoms with Crippen LogP contribution in [0.5, 0.6) is 17.2 Å². The lowest BCUT2D eigenvalue weighted by atomic mass is 9.77. The van der Waals surface area contributed by atoms with E-state index in [1.165, 1.54) is 5.56 Å². The number of methoxy groups -OCH3 is 3. The summed E-state index contributed by atoms with van der Waals surface area (Å²) in [6.07, 6.45) is 1.56. The number of hydrogen-bond acceptors (Lipinski definition) is 5. The lowest BCUT2D eigenvalue weighted by molar-refractivity contribution is -0.0142. The first-order chi connectivity index (χ1) is 14.0. The van der Waals surface area contributed by atoms with Gasteiger partial charge in [0, 0.05) is 12.1 Å². The lowest BCUT2D eigenvalue weighted by Gasteiger charge is -2.45. The third-order valence-corrected chi connectivity index (χ3v) is 7.03. The van der Waals surface area contributed by atoms with E-state index < -0.39 is 6.10 Å². The van der Waals surface area contributed by atoms with Crippen molar-refractivity contribution in [1.29, 1.82) is 0 Å². The van der Waals surface area contributed by atoms with Gasteiger partial charge in [-0.1, -0.05) is 6.07 Å². The van der Waals surface area contributed by atoms with Crippen molar-refractivity contribution in [3.05, 3.63) is 41.5 Å². The van der Waals surface area contributed by atoms with Crippen LogP contribution in [0.1, 0.15) is 37.0 Å². The second-order valence-corrected chi connectivity index (χ2v) is 8.34. The van der Waals surface area contributed by atoms with Crippen LogP contribution < -0.4 is 14.2 Å². The molecule has 3 aromatic carbocycles. The van der Waals surface area contributed by atoms with Crippen molar-refractivity contribution in [2.45, 2.75) is 38.0 Å². The summed E-state index contributed by atoms with van der Waals surface area (Å²) >= 11 is 0. The maximum absolute atomic E-state index is 11.6. The van der Waals surface area contributed by atoms with E-state index in [4.69, 9.17) is 14.2 Å². The minimum absolute atomic E-state index is 0.229. The standard InChI is InChI=1S/C24H27NO4/c1-24-8-5-9-25(24)13-19-15-7-6-14(27-2)10-16(15)17-11-20(28-3)21(29-4)12-18(17)22(19)23(24)26/h6-7,10-12,23,26H,5,8-9,13H2,1-4H3. The molecular formula is C24H27NO4. The Bertz CT molecular complexity index is 1130. The number of nitrogens with zero attached hydrogens (tertiary/aromatic N) is 1. The van der Waals surface area contributed by atoms with Crippen LogP contribution in [-0.4, -0.2) is 43.4 Å². The van der Waals surface area contributed by atoms with Gasteiger partial charge in [-0.05, 0) is 83.2 Å². The highest BCUT2D eigenvalue weighted by atomic mass is 16.5. The van der Waals surface area contributed by atoms with Gasteiger partial charge in [0.1, 0.15) is 5.75 Å². The molecule has 2 atom stereocenters. The molecule has 0 aromatic heterocycles. The van der Waals surface area contributed by atoms with Crippen LogP contribution in [0, 0.1) is 0 Å². The number of aliphatic hydroxyl groups is 1. The second kappa shape index (κ2) is 6.51. The Kier molecular flexibility index (Phi) is 4.16. The van der Waals surface area contributed by atoms with E-state index in [1.54, 1.807) is 21.3 Å². The lowest BCUT2D eigenvalue weighted by Crippen LogP contribution is -2.49. The van der Waals surface area contributed by atoms with Crippen LogP contribution >= 0.6 is 0 Å². The van der Waals surface area contributed by atoms with E-state index in [9.17, 15) is 5.11 Å². The Morgan fingerprint density at radius 3 is 2.31 bits per heavy atom. The van der Waals surface area contributed by atoms with Crippen LogP contribution in [0.4, 0.5) is 0 Å². The number of benzene rings is 3. The Labute approximate surface area is 170 Å². The maximum Gasteiger partial charge on any atom is 0.161 e. The van der Waals surface area contributed by atoms with Gasteiger partial charge in [0.25, 0.3) is 0 Å². The molecule has 2 aliphatic rings. The summed E-state index contributed by atoms with van der Waals surface area (Å²) in [6, 6.07) is 10.2. The predicted octanol–water partition coefficient (Wildman–Crippen LogP) is 4.42. The summed E-state index contributed by atoms with van der Waals surface area (Å²) in [5.41, 5.74) is 2.00. The van der Waals surface area contributed by atoms with E-state index in [0.29, 0.717) is 11.5 Å². The number of rotatable bonds is 3. The quantitative estimate of drug-likeness (QED) is 0.668. The molecule has 5 rings (SSSR count). The summed E-state index contributed by atoms with van der Waals surface area (Å²) in [5, 5.41) is 15.9. The molecule has 0 aliphatic carbocycles. The molecule has 3 aromatic rings. The number of ether oxygens (including phenoxy) is 3. The third kappa shape index (κ3) is 2.47. The van der Waals surface area contributed by atoms with Crippen LogP contribution in [0.15, 0.2) is 30.3 Å². The average Bonchev–Trinajstić information content (AvgIpc) is 3.14. The SMILES string of the molecule is COc1ccc2c3c(c4cc(OC)c(OC)cc4c2c1)C(O)C1(C)CCCN1C3. The monoisotopic (exact) mass is 393 g/mol. The van der Waals surface area contributed by atoms with E-state index in [1.807, 2.05) is 18.2 Å². The molecule has 1 fully saturated rings. The van der Waals surface area contributed by atoms with Gasteiger partial charge in [0.2, 0.25) is 0 Å². The van der Waals surface area contributed by atoms with Gasteiger partial charge < -0.3 is 19.3 Å². The topological polar surface area (TPSA) is 51.2 Å². The minimum Gasteiger partial charge on any atom is -0.497 e. The second-order valence-electron chi connectivity index (χ2n) is 8.34. The molecular weight excluding hydrogens is 366 g/mol. The van der Waals surface area contributed by atoms with Crippen molar-refractivity contribution in [2.24, 2.45) is 0 Å². The molecule has 0 amide bonds. The van der Waals surface area contributed by atoms with E-state index in [-0.39, 0.29) is 5.54 Å². The molecule has 29 heavy (non-hydrogen) atoms. The van der Waals surface area contributed by atoms with E-state index >= 15 is 0 Å². The zero-order valence-corrected chi connectivity index (χ0v) is 17.4. The first-order valence-corrected chi connectivity index (χ1v) is 10.1. The Balaban J connectivity index is 1.93. The minimum atomic E-state index is -0.555. The molecule has 2 aliphatic heterocycles. The molecule has 1 N–H and O–H groups in total. The molecule has 2 heterocycles. The highest BCUT2D eigenvalue weighted by Gasteiger charge is 2.48. The molecule has 5 heteroatoms. The Morgan fingerprint density at radius 1 is 0.931 bits per heavy atom. The predicted molar refractivity (Wildman–Crippen MR) is 114 cm³/mol. The zero-order valence-electron chi connectivity index (χ0n) is 17.4. The van der Waals surface area contributed by atoms with Gasteiger partial charge in [0.15, 0.2) is 11.5 Å². The summed E-state index contributed by atoms with van der Waals surface area (Å²) in [6.45, 7) is 4.06.